The van der Waals surface area contributed by atoms with Crippen molar-refractivity contribution in [2.45, 2.75) is 6.04 Å². The van der Waals surface area contributed by atoms with E-state index in [1.807, 2.05) is 0 Å². The van der Waals surface area contributed by atoms with Gasteiger partial charge in [0.1, 0.15) is 6.04 Å². The first-order valence-corrected chi connectivity index (χ1v) is 2.79. The molecule has 0 aliphatic rings. The summed E-state index contributed by atoms with van der Waals surface area (Å²) in [5, 5.41) is 15.9. The van der Waals surface area contributed by atoms with Gasteiger partial charge in [-0.2, -0.15) is 12.6 Å². The third kappa shape index (κ3) is 10.2. The second-order valence-electron chi connectivity index (χ2n) is 1.21. The lowest BCUT2D eigenvalue weighted by Crippen LogP contribution is -2.31. The number of nitrogens with two attached hydrogens (primary N) is 1. The summed E-state index contributed by atoms with van der Waals surface area (Å²) >= 11 is 3.65. The fourth-order valence-electron chi connectivity index (χ4n) is 0.0781. The first-order valence-electron chi connectivity index (χ1n) is 2.16. The number of thiol groups is 1. The Morgan fingerprint density at radius 3 is 2.10 bits per heavy atom. The molecule has 0 saturated carbocycles. The first kappa shape index (κ1) is 11.9. The Balaban J connectivity index is 0. The molecule has 60 valence electrons. The third-order valence-corrected chi connectivity index (χ3v) is 0.907. The van der Waals surface area contributed by atoms with Crippen molar-refractivity contribution in [3.63, 3.8) is 0 Å². The average molecular weight is 168 g/mol. The van der Waals surface area contributed by atoms with Crippen LogP contribution in [0.1, 0.15) is 0 Å². The number of hydrogen-bond acceptors (Lipinski definition) is 5. The van der Waals surface area contributed by atoms with Crippen molar-refractivity contribution in [2.75, 3.05) is 5.75 Å². The van der Waals surface area contributed by atoms with Crippen molar-refractivity contribution in [3.8, 4) is 0 Å². The van der Waals surface area contributed by atoms with E-state index in [9.17, 15) is 4.79 Å². The fourth-order valence-corrected chi connectivity index (χ4v) is 0.234. The number of carboxylic acid groups (broad SMARTS) is 1. The van der Waals surface area contributed by atoms with E-state index in [1.165, 1.54) is 5.34 Å². The first-order chi connectivity index (χ1) is 4.59. The van der Waals surface area contributed by atoms with E-state index in [0.29, 0.717) is 0 Å². The van der Waals surface area contributed by atoms with E-state index in [0.717, 1.165) is 0 Å². The molecule has 0 aromatic carbocycles. The lowest BCUT2D eigenvalue weighted by molar-refractivity contribution is -0.137. The summed E-state index contributed by atoms with van der Waals surface area (Å²) in [6.45, 7) is 0. The zero-order chi connectivity index (χ0) is 8.57. The van der Waals surface area contributed by atoms with Crippen LogP contribution in [0.5, 0.6) is 0 Å². The SMILES string of the molecule is N[C@@H](CS)C(=O)O.O=NO. The van der Waals surface area contributed by atoms with Crippen molar-refractivity contribution < 1.29 is 15.1 Å². The molecule has 7 heteroatoms. The third-order valence-electron chi connectivity index (χ3n) is 0.514. The Bertz CT molecular complexity index is 109. The second kappa shape index (κ2) is 8.18. The Morgan fingerprint density at radius 1 is 1.80 bits per heavy atom. The summed E-state index contributed by atoms with van der Waals surface area (Å²) in [6, 6.07) is -0.816. The quantitative estimate of drug-likeness (QED) is 0.251. The maximum Gasteiger partial charge on any atom is 0.321 e. The minimum atomic E-state index is -1.00. The zero-order valence-corrected chi connectivity index (χ0v) is 5.86. The Kier molecular flexibility index (Phi) is 9.75. The largest absolute Gasteiger partial charge is 0.480 e. The normalized spacial score (nSPS) is 10.6. The van der Waals surface area contributed by atoms with Crippen LogP contribution in [0.25, 0.3) is 0 Å². The number of hydrogen-bond donors (Lipinski definition) is 4. The molecule has 0 aliphatic heterocycles. The summed E-state index contributed by atoms with van der Waals surface area (Å²) in [5.41, 5.74) is 4.94. The van der Waals surface area contributed by atoms with Gasteiger partial charge in [0.05, 0.1) is 0 Å². The molecule has 10 heavy (non-hydrogen) atoms. The summed E-state index contributed by atoms with van der Waals surface area (Å²) in [5.74, 6) is -0.815. The lowest BCUT2D eigenvalue weighted by atomic mass is 10.4. The van der Waals surface area contributed by atoms with Crippen LogP contribution in [0.3, 0.4) is 0 Å². The minimum Gasteiger partial charge on any atom is -0.480 e. The highest BCUT2D eigenvalue weighted by Gasteiger charge is 2.06. The fraction of sp³-hybridized carbons (Fsp3) is 0.667. The number of nitrogens with zero attached hydrogens (tertiary/aromatic N) is 1. The molecule has 0 radical (unpaired) electrons. The van der Waals surface area contributed by atoms with Gasteiger partial charge in [-0.1, -0.05) is 0 Å². The highest BCUT2D eigenvalue weighted by Crippen LogP contribution is 1.80. The number of rotatable bonds is 2. The average Bonchev–Trinajstić information content (AvgIpc) is 1.88. The molecule has 0 saturated heterocycles. The van der Waals surface area contributed by atoms with E-state index in [-0.39, 0.29) is 5.75 Å². The molecule has 0 amide bonds. The summed E-state index contributed by atoms with van der Waals surface area (Å²) < 4.78 is 0. The van der Waals surface area contributed by atoms with Crippen LogP contribution in [0.15, 0.2) is 5.34 Å². The monoisotopic (exact) mass is 168 g/mol. The van der Waals surface area contributed by atoms with E-state index in [1.54, 1.807) is 0 Å². The Hall–Kier alpha value is -0.820. The molecule has 0 bridgehead atoms. The van der Waals surface area contributed by atoms with Gasteiger partial charge in [0, 0.05) is 5.75 Å². The van der Waals surface area contributed by atoms with E-state index in [2.05, 4.69) is 12.6 Å². The second-order valence-corrected chi connectivity index (χ2v) is 1.57. The standard InChI is InChI=1S/C3H7NO2S.HNO2/c4-2(1-7)3(5)6;2-1-3/h2,7H,1,4H2,(H,5,6);(H,2,3)/t2-;/m0./s1. The smallest absolute Gasteiger partial charge is 0.321 e. The van der Waals surface area contributed by atoms with Gasteiger partial charge in [0.2, 0.25) is 0 Å². The van der Waals surface area contributed by atoms with Crippen LogP contribution in [0, 0.1) is 4.91 Å². The van der Waals surface area contributed by atoms with Gasteiger partial charge < -0.3 is 16.0 Å². The predicted molar refractivity (Wildman–Crippen MR) is 37.0 cm³/mol. The number of carbonyl (C=O) groups is 1. The molecule has 0 aromatic heterocycles. The van der Waals surface area contributed by atoms with Crippen molar-refractivity contribution in [2.24, 2.45) is 11.1 Å². The van der Waals surface area contributed by atoms with Crippen LogP contribution < -0.4 is 5.73 Å². The van der Waals surface area contributed by atoms with Crippen LogP contribution in [0.4, 0.5) is 0 Å². The van der Waals surface area contributed by atoms with Crippen LogP contribution in [-0.4, -0.2) is 28.1 Å². The van der Waals surface area contributed by atoms with Gasteiger partial charge in [-0.05, 0) is 0 Å². The molecule has 0 unspecified atom stereocenters. The van der Waals surface area contributed by atoms with E-state index in [4.69, 9.17) is 21.0 Å². The Labute approximate surface area is 62.4 Å². The topological polar surface area (TPSA) is 113 Å². The maximum absolute atomic E-state index is 9.76. The molecular formula is C3H8N2O4S. The van der Waals surface area contributed by atoms with Crippen LogP contribution >= 0.6 is 12.6 Å². The molecular weight excluding hydrogens is 160 g/mol. The maximum atomic E-state index is 9.76. The zero-order valence-electron chi connectivity index (χ0n) is 4.97. The lowest BCUT2D eigenvalue weighted by Gasteiger charge is -1.96. The molecule has 1 atom stereocenters. The molecule has 0 rings (SSSR count). The number of carboxylic acids is 1. The molecule has 0 aromatic rings. The van der Waals surface area contributed by atoms with Gasteiger partial charge in [0.15, 0.2) is 5.34 Å². The van der Waals surface area contributed by atoms with Gasteiger partial charge in [-0.25, -0.2) is 0 Å². The van der Waals surface area contributed by atoms with Crippen LogP contribution in [0.2, 0.25) is 0 Å². The van der Waals surface area contributed by atoms with E-state index >= 15 is 0 Å². The molecule has 0 heterocycles. The number of aliphatic carboxylic acids is 1. The molecule has 6 nitrogen and oxygen atoms in total. The summed E-state index contributed by atoms with van der Waals surface area (Å²) in [6.07, 6.45) is 0. The molecule has 0 fully saturated rings. The van der Waals surface area contributed by atoms with Crippen molar-refractivity contribution in [1.82, 2.24) is 0 Å². The molecule has 0 spiro atoms. The summed E-state index contributed by atoms with van der Waals surface area (Å²) in [4.78, 5) is 17.9. The molecule has 4 N–H and O–H groups in total. The van der Waals surface area contributed by atoms with Gasteiger partial charge in [-0.15, -0.1) is 4.91 Å². The van der Waals surface area contributed by atoms with Crippen molar-refractivity contribution in [1.29, 1.82) is 0 Å². The summed E-state index contributed by atoms with van der Waals surface area (Å²) in [7, 11) is 0. The van der Waals surface area contributed by atoms with Crippen molar-refractivity contribution in [3.05, 3.63) is 4.91 Å². The van der Waals surface area contributed by atoms with Gasteiger partial charge >= 0.3 is 5.97 Å². The Morgan fingerprint density at radius 2 is 2.10 bits per heavy atom. The highest BCUT2D eigenvalue weighted by atomic mass is 32.1. The van der Waals surface area contributed by atoms with Gasteiger partial charge in [-0.3, -0.25) is 4.79 Å². The molecule has 0 aliphatic carbocycles. The van der Waals surface area contributed by atoms with E-state index < -0.39 is 12.0 Å². The van der Waals surface area contributed by atoms with Crippen molar-refractivity contribution >= 4 is 18.6 Å². The highest BCUT2D eigenvalue weighted by molar-refractivity contribution is 7.80. The minimum absolute atomic E-state index is 0.190. The van der Waals surface area contributed by atoms with Gasteiger partial charge in [0.25, 0.3) is 0 Å². The predicted octanol–water partition coefficient (Wildman–Crippen LogP) is -0.530. The van der Waals surface area contributed by atoms with Crippen LogP contribution in [-0.2, 0) is 4.79 Å².